The van der Waals surface area contributed by atoms with Gasteiger partial charge in [0.2, 0.25) is 0 Å². The highest BCUT2D eigenvalue weighted by atomic mass is 19.1. The number of allylic oxidation sites excluding steroid dienone is 2. The molecule has 3 rings (SSSR count). The van der Waals surface area contributed by atoms with Crippen LogP contribution in [0, 0.1) is 5.92 Å². The summed E-state index contributed by atoms with van der Waals surface area (Å²) in [6.07, 6.45) is 5.64. The molecule has 1 fully saturated rings. The molecular formula is C24H31FN4O5. The molecule has 1 amide bonds. The number of aromatic nitrogens is 2. The predicted molar refractivity (Wildman–Crippen MR) is 128 cm³/mol. The van der Waals surface area contributed by atoms with Crippen molar-refractivity contribution in [3.63, 3.8) is 0 Å². The summed E-state index contributed by atoms with van der Waals surface area (Å²) in [6.45, 7) is 9.07. The number of hydrogen-bond donors (Lipinski definition) is 4. The standard InChI is InChI=1S/C17H20FN3O2.C7H11NO3/c1-3-11(5-4-6-18)7-12-8-15-14(20-10-12)9-13(16(22)19-2)17(23)21-15;1-6(9)7(10)8-2-4-11-5-3-8/h3-4,6,8-11,16,19,22H,1,5,7H2,2H3,(H,21,23);9H,1-5H2/b6-4+;. The van der Waals surface area contributed by atoms with Gasteiger partial charge in [-0.1, -0.05) is 18.7 Å². The first-order chi connectivity index (χ1) is 16.3. The number of hydrogen-bond acceptors (Lipinski definition) is 7. The van der Waals surface area contributed by atoms with Gasteiger partial charge in [0.1, 0.15) is 6.23 Å². The fraction of sp³-hybridized carbons (Fsp3) is 0.375. The first-order valence-electron chi connectivity index (χ1n) is 10.8. The number of rotatable bonds is 8. The van der Waals surface area contributed by atoms with Crippen LogP contribution in [0.1, 0.15) is 23.8 Å². The van der Waals surface area contributed by atoms with Gasteiger partial charge in [-0.25, -0.2) is 4.39 Å². The lowest BCUT2D eigenvalue weighted by Gasteiger charge is -2.25. The predicted octanol–water partition coefficient (Wildman–Crippen LogP) is 2.27. The Hall–Kier alpha value is -3.34. The fourth-order valence-electron chi connectivity index (χ4n) is 3.35. The van der Waals surface area contributed by atoms with Gasteiger partial charge in [-0.3, -0.25) is 19.9 Å². The highest BCUT2D eigenvalue weighted by Gasteiger charge is 2.18. The second kappa shape index (κ2) is 13.4. The van der Waals surface area contributed by atoms with E-state index in [4.69, 9.17) is 9.84 Å². The van der Waals surface area contributed by atoms with Gasteiger partial charge in [0.15, 0.2) is 5.76 Å². The number of halogens is 1. The van der Waals surface area contributed by atoms with Crippen molar-refractivity contribution in [1.82, 2.24) is 20.2 Å². The minimum Gasteiger partial charge on any atom is -0.503 e. The Kier molecular flexibility index (Phi) is 10.6. The summed E-state index contributed by atoms with van der Waals surface area (Å²) < 4.78 is 17.1. The lowest BCUT2D eigenvalue weighted by Crippen LogP contribution is -2.41. The number of carbonyl (C=O) groups is 1. The molecule has 2 aromatic heterocycles. The third kappa shape index (κ3) is 7.62. The Morgan fingerprint density at radius 2 is 2.12 bits per heavy atom. The number of amides is 1. The molecule has 0 saturated carbocycles. The largest absolute Gasteiger partial charge is 0.503 e. The number of nitrogens with one attached hydrogen (secondary N) is 2. The summed E-state index contributed by atoms with van der Waals surface area (Å²) in [7, 11) is 1.56. The summed E-state index contributed by atoms with van der Waals surface area (Å²) in [5, 5.41) is 21.1. The molecule has 9 nitrogen and oxygen atoms in total. The number of H-pyrrole nitrogens is 1. The number of aliphatic hydroxyl groups is 2. The lowest BCUT2D eigenvalue weighted by atomic mass is 9.97. The molecule has 3 heterocycles. The number of ether oxygens (including phenoxy) is 1. The van der Waals surface area contributed by atoms with E-state index in [9.17, 15) is 19.1 Å². The van der Waals surface area contributed by atoms with E-state index < -0.39 is 17.9 Å². The van der Waals surface area contributed by atoms with Gasteiger partial charge >= 0.3 is 0 Å². The van der Waals surface area contributed by atoms with E-state index in [0.29, 0.717) is 56.5 Å². The summed E-state index contributed by atoms with van der Waals surface area (Å²) >= 11 is 0. The highest BCUT2D eigenvalue weighted by Crippen LogP contribution is 2.18. The molecule has 2 atom stereocenters. The van der Waals surface area contributed by atoms with Crippen molar-refractivity contribution in [2.75, 3.05) is 33.4 Å². The maximum Gasteiger partial charge on any atom is 0.288 e. The third-order valence-corrected chi connectivity index (χ3v) is 5.25. The van der Waals surface area contributed by atoms with E-state index in [-0.39, 0.29) is 17.0 Å². The molecule has 2 unspecified atom stereocenters. The summed E-state index contributed by atoms with van der Waals surface area (Å²) in [5.74, 6) is -0.696. The zero-order valence-corrected chi connectivity index (χ0v) is 19.2. The number of nitrogens with zero attached hydrogens (tertiary/aromatic N) is 2. The van der Waals surface area contributed by atoms with E-state index in [1.807, 2.05) is 6.07 Å². The topological polar surface area (TPSA) is 128 Å². The Labute approximate surface area is 197 Å². The van der Waals surface area contributed by atoms with Crippen LogP contribution in [0.3, 0.4) is 0 Å². The number of morpholine rings is 1. The minimum absolute atomic E-state index is 0.0957. The minimum atomic E-state index is -1.04. The zero-order chi connectivity index (χ0) is 25.1. The van der Waals surface area contributed by atoms with Gasteiger partial charge in [0.05, 0.1) is 36.1 Å². The molecule has 1 saturated heterocycles. The molecule has 0 aliphatic carbocycles. The Balaban J connectivity index is 0.000000310. The van der Waals surface area contributed by atoms with Gasteiger partial charge in [-0.2, -0.15) is 0 Å². The van der Waals surface area contributed by atoms with Crippen LogP contribution in [0.4, 0.5) is 4.39 Å². The molecule has 1 aliphatic rings. The van der Waals surface area contributed by atoms with Crippen LogP contribution >= 0.6 is 0 Å². The second-order valence-electron chi connectivity index (χ2n) is 7.67. The number of aromatic amines is 1. The molecule has 34 heavy (non-hydrogen) atoms. The van der Waals surface area contributed by atoms with Gasteiger partial charge in [0, 0.05) is 19.3 Å². The molecule has 4 N–H and O–H groups in total. The van der Waals surface area contributed by atoms with Gasteiger partial charge in [-0.15, -0.1) is 6.58 Å². The van der Waals surface area contributed by atoms with Crippen LogP contribution in [0.25, 0.3) is 11.0 Å². The van der Waals surface area contributed by atoms with Crippen LogP contribution < -0.4 is 10.9 Å². The normalized spacial score (nSPS) is 15.4. The van der Waals surface area contributed by atoms with Crippen LogP contribution in [-0.4, -0.2) is 64.3 Å². The number of pyridine rings is 2. The third-order valence-electron chi connectivity index (χ3n) is 5.25. The first kappa shape index (κ1) is 26.9. The van der Waals surface area contributed by atoms with Gasteiger partial charge < -0.3 is 24.8 Å². The highest BCUT2D eigenvalue weighted by molar-refractivity contribution is 5.90. The molecular weight excluding hydrogens is 443 g/mol. The smallest absolute Gasteiger partial charge is 0.288 e. The molecule has 184 valence electrons. The van der Waals surface area contributed by atoms with Crippen molar-refractivity contribution >= 4 is 16.9 Å². The summed E-state index contributed by atoms with van der Waals surface area (Å²) in [6, 6.07) is 3.41. The van der Waals surface area contributed by atoms with Crippen LogP contribution in [0.15, 0.2) is 60.5 Å². The van der Waals surface area contributed by atoms with Crippen molar-refractivity contribution in [3.05, 3.63) is 77.2 Å². The van der Waals surface area contributed by atoms with E-state index in [0.717, 1.165) is 5.56 Å². The van der Waals surface area contributed by atoms with E-state index >= 15 is 0 Å². The first-order valence-corrected chi connectivity index (χ1v) is 10.8. The van der Waals surface area contributed by atoms with E-state index in [1.165, 1.54) is 11.0 Å². The quantitative estimate of drug-likeness (QED) is 0.200. The van der Waals surface area contributed by atoms with Crippen LogP contribution in [-0.2, 0) is 16.0 Å². The van der Waals surface area contributed by atoms with Gasteiger partial charge in [0.25, 0.3) is 11.5 Å². The second-order valence-corrected chi connectivity index (χ2v) is 7.67. The molecule has 1 aliphatic heterocycles. The zero-order valence-electron chi connectivity index (χ0n) is 19.2. The number of carbonyl (C=O) groups excluding carboxylic acids is 1. The molecule has 2 aromatic rings. The number of aliphatic hydroxyl groups excluding tert-OH is 2. The summed E-state index contributed by atoms with van der Waals surface area (Å²) in [5.41, 5.74) is 1.98. The molecule has 0 spiro atoms. The molecule has 10 heteroatoms. The van der Waals surface area contributed by atoms with Crippen molar-refractivity contribution in [3.8, 4) is 0 Å². The molecule has 0 radical (unpaired) electrons. The average Bonchev–Trinajstić information content (AvgIpc) is 2.85. The van der Waals surface area contributed by atoms with E-state index in [1.54, 1.807) is 25.4 Å². The Morgan fingerprint density at radius 1 is 1.41 bits per heavy atom. The van der Waals surface area contributed by atoms with Crippen LogP contribution in [0.5, 0.6) is 0 Å². The monoisotopic (exact) mass is 474 g/mol. The van der Waals surface area contributed by atoms with Crippen molar-refractivity contribution in [1.29, 1.82) is 0 Å². The van der Waals surface area contributed by atoms with Crippen molar-refractivity contribution < 1.29 is 24.1 Å². The Morgan fingerprint density at radius 3 is 2.71 bits per heavy atom. The fourth-order valence-corrected chi connectivity index (χ4v) is 3.35. The average molecular weight is 475 g/mol. The molecule has 0 aromatic carbocycles. The van der Waals surface area contributed by atoms with Crippen molar-refractivity contribution in [2.45, 2.75) is 19.1 Å². The maximum absolute atomic E-state index is 12.1. The van der Waals surface area contributed by atoms with Crippen molar-refractivity contribution in [2.24, 2.45) is 5.92 Å². The SMILES string of the molecule is C=C(O)C(=O)N1CCOCC1.C=CC(C/C=C/F)Cc1cnc2cc(C(O)NC)c(=O)[nH]c2c1. The maximum atomic E-state index is 12.1. The van der Waals surface area contributed by atoms with Crippen LogP contribution in [0.2, 0.25) is 0 Å². The summed E-state index contributed by atoms with van der Waals surface area (Å²) in [4.78, 5) is 31.6. The van der Waals surface area contributed by atoms with E-state index in [2.05, 4.69) is 28.4 Å². The number of fused-ring (bicyclic) bond motifs is 1. The lowest BCUT2D eigenvalue weighted by molar-refractivity contribution is -0.133. The van der Waals surface area contributed by atoms with Gasteiger partial charge in [-0.05, 0) is 43.5 Å². The Bertz CT molecular complexity index is 1080. The molecule has 0 bridgehead atoms.